The third-order valence-electron chi connectivity index (χ3n) is 2.76. The topological polar surface area (TPSA) is 81.1 Å². The molecule has 2 aromatic rings. The first kappa shape index (κ1) is 15.0. The van der Waals surface area contributed by atoms with Crippen molar-refractivity contribution in [3.8, 4) is 0 Å². The Labute approximate surface area is 130 Å². The van der Waals surface area contributed by atoms with Crippen molar-refractivity contribution < 1.29 is 4.79 Å². The lowest BCUT2D eigenvalue weighted by atomic mass is 10.1. The molecule has 7 heteroatoms. The van der Waals surface area contributed by atoms with Gasteiger partial charge in [0.1, 0.15) is 0 Å². The molecule has 1 atom stereocenters. The largest absolute Gasteiger partial charge is 0.399 e. The lowest BCUT2D eigenvalue weighted by molar-refractivity contribution is 0.100. The predicted molar refractivity (Wildman–Crippen MR) is 85.7 cm³/mol. The molecule has 20 heavy (non-hydrogen) atoms. The van der Waals surface area contributed by atoms with Gasteiger partial charge in [0, 0.05) is 10.6 Å². The van der Waals surface area contributed by atoms with Crippen molar-refractivity contribution >= 4 is 51.8 Å². The number of hydrogen-bond acceptors (Lipinski definition) is 4. The van der Waals surface area contributed by atoms with Gasteiger partial charge in [0.25, 0.3) is 5.91 Å². The Morgan fingerprint density at radius 1 is 1.35 bits per heavy atom. The van der Waals surface area contributed by atoms with Gasteiger partial charge in [0.05, 0.1) is 26.7 Å². The van der Waals surface area contributed by atoms with Gasteiger partial charge in [0.2, 0.25) is 0 Å². The summed E-state index contributed by atoms with van der Waals surface area (Å²) in [5.41, 5.74) is 12.2. The van der Waals surface area contributed by atoms with E-state index < -0.39 is 5.91 Å². The quantitative estimate of drug-likeness (QED) is 0.744. The molecule has 0 aliphatic carbocycles. The van der Waals surface area contributed by atoms with Crippen LogP contribution in [0.15, 0.2) is 24.3 Å². The summed E-state index contributed by atoms with van der Waals surface area (Å²) in [4.78, 5) is 12.5. The van der Waals surface area contributed by atoms with Crippen molar-refractivity contribution in [1.29, 1.82) is 0 Å². The number of nitrogens with one attached hydrogen (secondary N) is 1. The highest BCUT2D eigenvalue weighted by Gasteiger charge is 2.17. The predicted octanol–water partition coefficient (Wildman–Crippen LogP) is 3.91. The zero-order valence-electron chi connectivity index (χ0n) is 10.6. The van der Waals surface area contributed by atoms with Crippen LogP contribution in [0.2, 0.25) is 9.36 Å². The second-order valence-electron chi connectivity index (χ2n) is 4.30. The van der Waals surface area contributed by atoms with Gasteiger partial charge < -0.3 is 16.8 Å². The molecule has 1 heterocycles. The van der Waals surface area contributed by atoms with E-state index in [1.807, 2.05) is 19.1 Å². The van der Waals surface area contributed by atoms with E-state index in [-0.39, 0.29) is 11.6 Å². The zero-order valence-corrected chi connectivity index (χ0v) is 12.9. The minimum atomic E-state index is -0.585. The SMILES string of the molecule is CC(Nc1c(Cl)cc(N)cc1C(N)=O)c1ccc(Cl)s1. The molecule has 0 saturated heterocycles. The standard InChI is InChI=1S/C13H13Cl2N3OS/c1-6(10-2-3-11(15)20-10)18-12-8(13(17)19)4-7(16)5-9(12)14/h2-6,18H,16H2,1H3,(H2,17,19). The Morgan fingerprint density at radius 3 is 2.60 bits per heavy atom. The second kappa shape index (κ2) is 5.91. The van der Waals surface area contributed by atoms with Crippen LogP contribution >= 0.6 is 34.5 Å². The van der Waals surface area contributed by atoms with Gasteiger partial charge in [0.15, 0.2) is 0 Å². The molecule has 0 radical (unpaired) electrons. The van der Waals surface area contributed by atoms with Crippen molar-refractivity contribution in [2.45, 2.75) is 13.0 Å². The molecular formula is C13H13Cl2N3OS. The fourth-order valence-corrected chi connectivity index (χ4v) is 3.16. The van der Waals surface area contributed by atoms with Gasteiger partial charge in [-0.3, -0.25) is 4.79 Å². The Hall–Kier alpha value is -1.43. The van der Waals surface area contributed by atoms with E-state index >= 15 is 0 Å². The number of thiophene rings is 1. The van der Waals surface area contributed by atoms with Gasteiger partial charge >= 0.3 is 0 Å². The van der Waals surface area contributed by atoms with Gasteiger partial charge in [-0.15, -0.1) is 11.3 Å². The summed E-state index contributed by atoms with van der Waals surface area (Å²) in [6.45, 7) is 1.94. The second-order valence-corrected chi connectivity index (χ2v) is 6.45. The van der Waals surface area contributed by atoms with Crippen LogP contribution in [-0.2, 0) is 0 Å². The number of amides is 1. The van der Waals surface area contributed by atoms with Crippen molar-refractivity contribution in [2.75, 3.05) is 11.1 Å². The minimum Gasteiger partial charge on any atom is -0.399 e. The molecule has 0 spiro atoms. The molecule has 0 aliphatic rings. The monoisotopic (exact) mass is 329 g/mol. The maximum Gasteiger partial charge on any atom is 0.250 e. The van der Waals surface area contributed by atoms with E-state index in [0.29, 0.717) is 20.7 Å². The fourth-order valence-electron chi connectivity index (χ4n) is 1.82. The molecule has 106 valence electrons. The van der Waals surface area contributed by atoms with Crippen molar-refractivity contribution in [3.05, 3.63) is 44.1 Å². The van der Waals surface area contributed by atoms with E-state index in [0.717, 1.165) is 4.88 Å². The molecule has 4 nitrogen and oxygen atoms in total. The molecule has 2 rings (SSSR count). The number of primary amides is 1. The summed E-state index contributed by atoms with van der Waals surface area (Å²) in [5, 5.41) is 3.54. The number of hydrogen-bond donors (Lipinski definition) is 3. The Morgan fingerprint density at radius 2 is 2.05 bits per heavy atom. The first-order valence-corrected chi connectivity index (χ1v) is 7.36. The van der Waals surface area contributed by atoms with E-state index in [2.05, 4.69) is 5.32 Å². The number of anilines is 2. The maximum atomic E-state index is 11.5. The van der Waals surface area contributed by atoms with E-state index in [9.17, 15) is 4.79 Å². The highest BCUT2D eigenvalue weighted by molar-refractivity contribution is 7.16. The molecule has 0 saturated carbocycles. The summed E-state index contributed by atoms with van der Waals surface area (Å²) in [7, 11) is 0. The lowest BCUT2D eigenvalue weighted by Gasteiger charge is -2.18. The Balaban J connectivity index is 2.35. The molecule has 1 aromatic heterocycles. The van der Waals surface area contributed by atoms with Crippen molar-refractivity contribution in [1.82, 2.24) is 0 Å². The van der Waals surface area contributed by atoms with Gasteiger partial charge in [-0.2, -0.15) is 0 Å². The molecule has 1 amide bonds. The van der Waals surface area contributed by atoms with Gasteiger partial charge in [-0.05, 0) is 31.2 Å². The molecule has 5 N–H and O–H groups in total. The first-order chi connectivity index (χ1) is 9.38. The molecule has 0 aliphatic heterocycles. The highest BCUT2D eigenvalue weighted by Crippen LogP contribution is 2.34. The Kier molecular flexibility index (Phi) is 4.42. The van der Waals surface area contributed by atoms with Crippen LogP contribution in [0.3, 0.4) is 0 Å². The van der Waals surface area contributed by atoms with Gasteiger partial charge in [-0.25, -0.2) is 0 Å². The van der Waals surface area contributed by atoms with Crippen molar-refractivity contribution in [3.63, 3.8) is 0 Å². The van der Waals surface area contributed by atoms with Crippen LogP contribution in [0.4, 0.5) is 11.4 Å². The highest BCUT2D eigenvalue weighted by atomic mass is 35.5. The number of nitrogen functional groups attached to an aromatic ring is 1. The van der Waals surface area contributed by atoms with Gasteiger partial charge in [-0.1, -0.05) is 23.2 Å². The summed E-state index contributed by atoms with van der Waals surface area (Å²) in [6.07, 6.45) is 0. The minimum absolute atomic E-state index is 0.0632. The number of nitrogens with two attached hydrogens (primary N) is 2. The molecular weight excluding hydrogens is 317 g/mol. The van der Waals surface area contributed by atoms with Crippen LogP contribution in [0.5, 0.6) is 0 Å². The molecule has 1 aromatic carbocycles. The van der Waals surface area contributed by atoms with E-state index in [1.165, 1.54) is 17.4 Å². The summed E-state index contributed by atoms with van der Waals surface area (Å²) >= 11 is 13.5. The van der Waals surface area contributed by atoms with Crippen LogP contribution in [-0.4, -0.2) is 5.91 Å². The maximum absolute atomic E-state index is 11.5. The fraction of sp³-hybridized carbons (Fsp3) is 0.154. The van der Waals surface area contributed by atoms with Crippen LogP contribution < -0.4 is 16.8 Å². The number of benzene rings is 1. The van der Waals surface area contributed by atoms with Crippen molar-refractivity contribution in [2.24, 2.45) is 5.73 Å². The van der Waals surface area contributed by atoms with E-state index in [4.69, 9.17) is 34.7 Å². The molecule has 0 fully saturated rings. The molecule has 0 bridgehead atoms. The van der Waals surface area contributed by atoms with E-state index in [1.54, 1.807) is 6.07 Å². The number of carbonyl (C=O) groups excluding carboxylic acids is 1. The lowest BCUT2D eigenvalue weighted by Crippen LogP contribution is -2.16. The summed E-state index contributed by atoms with van der Waals surface area (Å²) in [6, 6.07) is 6.75. The van der Waals surface area contributed by atoms with Crippen LogP contribution in [0.25, 0.3) is 0 Å². The average molecular weight is 330 g/mol. The summed E-state index contributed by atoms with van der Waals surface area (Å²) < 4.78 is 0.701. The molecule has 1 unspecified atom stereocenters. The van der Waals surface area contributed by atoms with Crippen LogP contribution in [0.1, 0.15) is 28.2 Å². The average Bonchev–Trinajstić information content (AvgIpc) is 2.78. The summed E-state index contributed by atoms with van der Waals surface area (Å²) in [5.74, 6) is -0.585. The zero-order chi connectivity index (χ0) is 14.9. The number of rotatable bonds is 4. The number of carbonyl (C=O) groups is 1. The number of halogens is 2. The first-order valence-electron chi connectivity index (χ1n) is 5.79. The normalized spacial score (nSPS) is 12.2. The third-order valence-corrected chi connectivity index (χ3v) is 4.47. The third kappa shape index (κ3) is 3.17. The smallest absolute Gasteiger partial charge is 0.250 e. The van der Waals surface area contributed by atoms with Crippen LogP contribution in [0, 0.1) is 0 Å². The Bertz CT molecular complexity index is 657.